The summed E-state index contributed by atoms with van der Waals surface area (Å²) >= 11 is 0. The minimum Gasteiger partial charge on any atom is -0.367 e. The van der Waals surface area contributed by atoms with Gasteiger partial charge in [-0.25, -0.2) is 4.79 Å². The minimum atomic E-state index is -0.443. The molecule has 0 radical (unpaired) electrons. The second-order valence-electron chi connectivity index (χ2n) is 4.92. The molecular weight excluding hydrogens is 180 g/mol. The zero-order valence-corrected chi connectivity index (χ0v) is 9.25. The van der Waals surface area contributed by atoms with Crippen molar-refractivity contribution in [1.82, 2.24) is 5.06 Å². The third-order valence-corrected chi connectivity index (χ3v) is 2.24. The van der Waals surface area contributed by atoms with Crippen LogP contribution < -0.4 is 5.73 Å². The summed E-state index contributed by atoms with van der Waals surface area (Å²) in [6.07, 6.45) is 2.02. The van der Waals surface area contributed by atoms with Gasteiger partial charge in [0.1, 0.15) is 0 Å². The average Bonchev–Trinajstić information content (AvgIpc) is 2.02. The topological polar surface area (TPSA) is 55.6 Å². The molecule has 4 nitrogen and oxygen atoms in total. The van der Waals surface area contributed by atoms with Crippen molar-refractivity contribution in [3.05, 3.63) is 0 Å². The summed E-state index contributed by atoms with van der Waals surface area (Å²) in [7, 11) is 0. The van der Waals surface area contributed by atoms with Gasteiger partial charge in [-0.3, -0.25) is 0 Å². The van der Waals surface area contributed by atoms with Gasteiger partial charge in [-0.15, -0.1) is 5.06 Å². The maximum absolute atomic E-state index is 11.5. The van der Waals surface area contributed by atoms with Crippen LogP contribution in [0.2, 0.25) is 0 Å². The molecule has 1 atom stereocenters. The molecule has 1 fully saturated rings. The van der Waals surface area contributed by atoms with Gasteiger partial charge in [-0.2, -0.15) is 0 Å². The maximum atomic E-state index is 11.5. The zero-order chi connectivity index (χ0) is 10.8. The summed E-state index contributed by atoms with van der Waals surface area (Å²) in [6.45, 7) is 7.00. The van der Waals surface area contributed by atoms with Crippen LogP contribution in [0.3, 0.4) is 0 Å². The Bertz CT molecular complexity index is 211. The van der Waals surface area contributed by atoms with Crippen LogP contribution in [0, 0.1) is 5.41 Å². The molecule has 1 aliphatic rings. The van der Waals surface area contributed by atoms with Crippen molar-refractivity contribution < 1.29 is 9.63 Å². The number of carbonyl (C=O) groups excluding carboxylic acids is 1. The van der Waals surface area contributed by atoms with Gasteiger partial charge < -0.3 is 10.6 Å². The first kappa shape index (κ1) is 11.5. The van der Waals surface area contributed by atoms with Crippen LogP contribution in [-0.2, 0) is 9.63 Å². The molecule has 0 aromatic carbocycles. The third-order valence-electron chi connectivity index (χ3n) is 2.24. The SMILES string of the molecule is CC(C)(C)C(=O)ON1CCC[C@H](N)C1. The maximum Gasteiger partial charge on any atom is 0.330 e. The molecule has 0 aliphatic carbocycles. The van der Waals surface area contributed by atoms with Gasteiger partial charge in [0.05, 0.1) is 12.0 Å². The molecule has 0 aromatic rings. The minimum absolute atomic E-state index is 0.136. The van der Waals surface area contributed by atoms with Crippen molar-refractivity contribution >= 4 is 5.97 Å². The van der Waals surface area contributed by atoms with Gasteiger partial charge in [0.25, 0.3) is 0 Å². The summed E-state index contributed by atoms with van der Waals surface area (Å²) in [6, 6.07) is 0.136. The molecule has 14 heavy (non-hydrogen) atoms. The lowest BCUT2D eigenvalue weighted by atomic mass is 9.98. The highest BCUT2D eigenvalue weighted by Gasteiger charge is 2.27. The highest BCUT2D eigenvalue weighted by molar-refractivity contribution is 5.75. The molecule has 4 heteroatoms. The Hall–Kier alpha value is -0.610. The number of nitrogens with two attached hydrogens (primary N) is 1. The summed E-state index contributed by atoms with van der Waals surface area (Å²) in [5.41, 5.74) is 5.33. The lowest BCUT2D eigenvalue weighted by Gasteiger charge is -2.31. The highest BCUT2D eigenvalue weighted by Crippen LogP contribution is 2.17. The number of nitrogens with zero attached hydrogens (tertiary/aromatic N) is 1. The number of hydrogen-bond acceptors (Lipinski definition) is 4. The Morgan fingerprint density at radius 2 is 2.14 bits per heavy atom. The molecule has 1 heterocycles. The molecule has 0 bridgehead atoms. The molecule has 1 rings (SSSR count). The predicted octanol–water partition coefficient (Wildman–Crippen LogP) is 0.914. The van der Waals surface area contributed by atoms with Crippen molar-refractivity contribution in [2.24, 2.45) is 11.1 Å². The predicted molar refractivity (Wildman–Crippen MR) is 54.3 cm³/mol. The van der Waals surface area contributed by atoms with E-state index < -0.39 is 5.41 Å². The van der Waals surface area contributed by atoms with Crippen molar-refractivity contribution in [3.63, 3.8) is 0 Å². The Morgan fingerprint density at radius 1 is 1.50 bits per heavy atom. The first-order valence-corrected chi connectivity index (χ1v) is 5.12. The van der Waals surface area contributed by atoms with E-state index in [0.717, 1.165) is 19.4 Å². The zero-order valence-electron chi connectivity index (χ0n) is 9.25. The second kappa shape index (κ2) is 4.28. The van der Waals surface area contributed by atoms with Crippen molar-refractivity contribution in [2.75, 3.05) is 13.1 Å². The molecule has 0 amide bonds. The smallest absolute Gasteiger partial charge is 0.330 e. The Morgan fingerprint density at radius 3 is 2.64 bits per heavy atom. The number of piperidine rings is 1. The van der Waals surface area contributed by atoms with Crippen LogP contribution in [0.4, 0.5) is 0 Å². The molecule has 1 aliphatic heterocycles. The Balaban J connectivity index is 2.40. The van der Waals surface area contributed by atoms with Crippen LogP contribution in [0.5, 0.6) is 0 Å². The standard InChI is InChI=1S/C10H20N2O2/c1-10(2,3)9(13)14-12-6-4-5-8(11)7-12/h8H,4-7,11H2,1-3H3/t8-/m0/s1. The summed E-state index contributed by atoms with van der Waals surface area (Å²) < 4.78 is 0. The molecule has 0 spiro atoms. The number of rotatable bonds is 1. The van der Waals surface area contributed by atoms with Crippen molar-refractivity contribution in [1.29, 1.82) is 0 Å². The van der Waals surface area contributed by atoms with Gasteiger partial charge in [0, 0.05) is 12.6 Å². The quantitative estimate of drug-likeness (QED) is 0.683. The largest absolute Gasteiger partial charge is 0.367 e. The van der Waals surface area contributed by atoms with Gasteiger partial charge in [0.2, 0.25) is 0 Å². The number of carbonyl (C=O) groups is 1. The van der Waals surface area contributed by atoms with Crippen molar-refractivity contribution in [2.45, 2.75) is 39.7 Å². The number of hydrogen-bond donors (Lipinski definition) is 1. The third kappa shape index (κ3) is 3.27. The Labute approximate surface area is 85.3 Å². The number of hydroxylamine groups is 2. The molecular formula is C10H20N2O2. The van der Waals surface area contributed by atoms with E-state index in [4.69, 9.17) is 10.6 Å². The lowest BCUT2D eigenvalue weighted by molar-refractivity contribution is -0.204. The van der Waals surface area contributed by atoms with E-state index in [1.165, 1.54) is 0 Å². The van der Waals surface area contributed by atoms with Gasteiger partial charge in [-0.05, 0) is 33.6 Å². The van der Waals surface area contributed by atoms with Crippen LogP contribution in [0.1, 0.15) is 33.6 Å². The molecule has 0 unspecified atom stereocenters. The van der Waals surface area contributed by atoms with Crippen LogP contribution in [0.15, 0.2) is 0 Å². The monoisotopic (exact) mass is 200 g/mol. The summed E-state index contributed by atoms with van der Waals surface area (Å²) in [4.78, 5) is 16.8. The van der Waals surface area contributed by atoms with Crippen LogP contribution in [-0.4, -0.2) is 30.2 Å². The average molecular weight is 200 g/mol. The molecule has 2 N–H and O–H groups in total. The van der Waals surface area contributed by atoms with Gasteiger partial charge >= 0.3 is 5.97 Å². The fourth-order valence-corrected chi connectivity index (χ4v) is 1.31. The molecule has 82 valence electrons. The van der Waals surface area contributed by atoms with E-state index in [2.05, 4.69) is 0 Å². The fraction of sp³-hybridized carbons (Fsp3) is 0.900. The van der Waals surface area contributed by atoms with Crippen molar-refractivity contribution in [3.8, 4) is 0 Å². The highest BCUT2D eigenvalue weighted by atomic mass is 16.7. The molecule has 1 saturated heterocycles. The van der Waals surface area contributed by atoms with Crippen LogP contribution >= 0.6 is 0 Å². The van der Waals surface area contributed by atoms with Gasteiger partial charge in [0.15, 0.2) is 0 Å². The second-order valence-corrected chi connectivity index (χ2v) is 4.92. The van der Waals surface area contributed by atoms with E-state index in [1.807, 2.05) is 20.8 Å². The molecule has 0 saturated carbocycles. The first-order valence-electron chi connectivity index (χ1n) is 5.12. The normalized spacial score (nSPS) is 24.7. The Kier molecular flexibility index (Phi) is 3.50. The van der Waals surface area contributed by atoms with Crippen LogP contribution in [0.25, 0.3) is 0 Å². The molecule has 0 aromatic heterocycles. The van der Waals surface area contributed by atoms with E-state index in [1.54, 1.807) is 5.06 Å². The summed E-state index contributed by atoms with van der Waals surface area (Å²) in [5.74, 6) is -0.188. The fourth-order valence-electron chi connectivity index (χ4n) is 1.31. The van der Waals surface area contributed by atoms with Gasteiger partial charge in [-0.1, -0.05) is 0 Å². The van der Waals surface area contributed by atoms with E-state index >= 15 is 0 Å². The van der Waals surface area contributed by atoms with E-state index in [0.29, 0.717) is 6.54 Å². The van der Waals surface area contributed by atoms with E-state index in [9.17, 15) is 4.79 Å². The first-order chi connectivity index (χ1) is 6.39. The lowest BCUT2D eigenvalue weighted by Crippen LogP contribution is -2.45. The summed E-state index contributed by atoms with van der Waals surface area (Å²) in [5, 5.41) is 1.68. The van der Waals surface area contributed by atoms with E-state index in [-0.39, 0.29) is 12.0 Å².